The molecule has 0 radical (unpaired) electrons. The first-order valence-corrected chi connectivity index (χ1v) is 14.0. The lowest BCUT2D eigenvalue weighted by atomic mass is 9.64. The highest BCUT2D eigenvalue weighted by Crippen LogP contribution is 2.53. The fourth-order valence-corrected chi connectivity index (χ4v) is 11.9. The molecule has 0 saturated heterocycles. The molecule has 0 spiro atoms. The Bertz CT molecular complexity index is 573. The van der Waals surface area contributed by atoms with Crippen LogP contribution in [-0.4, -0.2) is 25.8 Å². The van der Waals surface area contributed by atoms with E-state index in [1.165, 1.54) is 12.0 Å². The quantitative estimate of drug-likeness (QED) is 0.336. The molecule has 2 rings (SSSR count). The van der Waals surface area contributed by atoms with Crippen molar-refractivity contribution in [1.82, 2.24) is 0 Å². The maximum Gasteiger partial charge on any atom is 0.227 e. The van der Waals surface area contributed by atoms with Gasteiger partial charge >= 0.3 is 0 Å². The molecule has 0 aromatic rings. The van der Waals surface area contributed by atoms with Crippen LogP contribution in [0.1, 0.15) is 81.6 Å². The number of hydrogen-bond donors (Lipinski definition) is 1. The van der Waals surface area contributed by atoms with E-state index in [1.807, 2.05) is 6.26 Å². The Hall–Kier alpha value is -0.583. The molecule has 1 heterocycles. The zero-order chi connectivity index (χ0) is 22.0. The summed E-state index contributed by atoms with van der Waals surface area (Å²) < 4.78 is 13.6. The Morgan fingerprint density at radius 3 is 2.21 bits per heavy atom. The van der Waals surface area contributed by atoms with Crippen LogP contribution in [0, 0.1) is 23.7 Å². The van der Waals surface area contributed by atoms with Crippen molar-refractivity contribution in [2.45, 2.75) is 104 Å². The number of aliphatic hydroxyl groups is 1. The third kappa shape index (κ3) is 4.40. The van der Waals surface area contributed by atoms with Crippen LogP contribution in [-0.2, 0) is 9.16 Å². The van der Waals surface area contributed by atoms with Crippen molar-refractivity contribution in [2.75, 3.05) is 6.61 Å². The highest BCUT2D eigenvalue weighted by molar-refractivity contribution is 6.77. The summed E-state index contributed by atoms with van der Waals surface area (Å²) in [5.41, 5.74) is 2.82. The van der Waals surface area contributed by atoms with Crippen LogP contribution in [0.5, 0.6) is 0 Å². The van der Waals surface area contributed by atoms with Crippen molar-refractivity contribution >= 4 is 8.32 Å². The standard InChI is InChI=1S/C25H46O3Si/c1-10-11-12-22-20(8)13-14-23-21(9)25(16-26,27-15-24(22)23)28-29(17(2)3,18(4)5)19(6)7/h10-11,15,17-23,26H,12-14,16H2,1-9H3/t20-,21?,22+,23?,25?/m1/s1. The lowest BCUT2D eigenvalue weighted by Crippen LogP contribution is -2.61. The first kappa shape index (κ1) is 24.7. The Morgan fingerprint density at radius 2 is 1.72 bits per heavy atom. The number of rotatable bonds is 8. The SMILES string of the molecule is CC=CC[C@@H]1C2=COC(CO)(O[Si](C(C)C)(C(C)C)C(C)C)C(C)C2CC[C@H]1C. The van der Waals surface area contributed by atoms with E-state index in [2.05, 4.69) is 74.5 Å². The first-order valence-electron chi connectivity index (χ1n) is 11.9. The molecule has 0 amide bonds. The van der Waals surface area contributed by atoms with Gasteiger partial charge in [0.15, 0.2) is 0 Å². The predicted molar refractivity (Wildman–Crippen MR) is 125 cm³/mol. The van der Waals surface area contributed by atoms with Gasteiger partial charge in [0.2, 0.25) is 14.1 Å². The van der Waals surface area contributed by atoms with Gasteiger partial charge in [0, 0.05) is 5.92 Å². The summed E-state index contributed by atoms with van der Waals surface area (Å²) in [7, 11) is -2.18. The molecule has 1 aliphatic heterocycles. The van der Waals surface area contributed by atoms with Crippen LogP contribution >= 0.6 is 0 Å². The zero-order valence-electron chi connectivity index (χ0n) is 20.4. The van der Waals surface area contributed by atoms with E-state index in [4.69, 9.17) is 9.16 Å². The molecule has 2 aliphatic rings. The van der Waals surface area contributed by atoms with E-state index in [0.717, 1.165) is 12.8 Å². The first-order chi connectivity index (χ1) is 13.6. The van der Waals surface area contributed by atoms with Crippen molar-refractivity contribution in [3.05, 3.63) is 24.0 Å². The monoisotopic (exact) mass is 422 g/mol. The molecule has 4 heteroatoms. The highest BCUT2D eigenvalue weighted by atomic mass is 28.4. The van der Waals surface area contributed by atoms with Gasteiger partial charge < -0.3 is 14.3 Å². The second kappa shape index (κ2) is 9.70. The number of aliphatic hydroxyl groups excluding tert-OH is 1. The maximum absolute atomic E-state index is 10.6. The van der Waals surface area contributed by atoms with E-state index in [9.17, 15) is 5.11 Å². The van der Waals surface area contributed by atoms with Gasteiger partial charge in [-0.1, -0.05) is 67.5 Å². The van der Waals surface area contributed by atoms with E-state index < -0.39 is 14.1 Å². The lowest BCUT2D eigenvalue weighted by Gasteiger charge is -2.54. The van der Waals surface area contributed by atoms with Gasteiger partial charge in [-0.2, -0.15) is 0 Å². The molecular formula is C25H46O3Si. The van der Waals surface area contributed by atoms with Gasteiger partial charge in [-0.25, -0.2) is 0 Å². The van der Waals surface area contributed by atoms with Crippen LogP contribution in [0.4, 0.5) is 0 Å². The predicted octanol–water partition coefficient (Wildman–Crippen LogP) is 7.05. The number of fused-ring (bicyclic) bond motifs is 1. The van der Waals surface area contributed by atoms with Crippen LogP contribution in [0.25, 0.3) is 0 Å². The Labute approximate surface area is 181 Å². The summed E-state index contributed by atoms with van der Waals surface area (Å²) in [6, 6.07) is 0. The summed E-state index contributed by atoms with van der Waals surface area (Å²) in [4.78, 5) is 0. The number of ether oxygens (including phenoxy) is 1. The highest BCUT2D eigenvalue weighted by Gasteiger charge is 2.56. The van der Waals surface area contributed by atoms with Crippen LogP contribution in [0.3, 0.4) is 0 Å². The van der Waals surface area contributed by atoms with Crippen molar-refractivity contribution < 1.29 is 14.3 Å². The Kier molecular flexibility index (Phi) is 8.25. The molecule has 0 bridgehead atoms. The van der Waals surface area contributed by atoms with E-state index in [-0.39, 0.29) is 12.5 Å². The van der Waals surface area contributed by atoms with Gasteiger partial charge in [0.1, 0.15) is 6.61 Å². The minimum absolute atomic E-state index is 0.0789. The molecule has 1 aliphatic carbocycles. The molecular weight excluding hydrogens is 376 g/mol. The van der Waals surface area contributed by atoms with E-state index in [1.54, 1.807) is 0 Å². The fraction of sp³-hybridized carbons (Fsp3) is 0.840. The average Bonchev–Trinajstić information content (AvgIpc) is 2.66. The molecule has 168 valence electrons. The fourth-order valence-electron chi connectivity index (χ4n) is 6.34. The molecule has 0 aromatic heterocycles. The van der Waals surface area contributed by atoms with Gasteiger partial charge in [-0.3, -0.25) is 0 Å². The lowest BCUT2D eigenvalue weighted by molar-refractivity contribution is -0.233. The van der Waals surface area contributed by atoms with Crippen molar-refractivity contribution in [3.8, 4) is 0 Å². The van der Waals surface area contributed by atoms with Crippen molar-refractivity contribution in [1.29, 1.82) is 0 Å². The van der Waals surface area contributed by atoms with E-state index in [0.29, 0.717) is 34.4 Å². The smallest absolute Gasteiger partial charge is 0.227 e. The third-order valence-corrected chi connectivity index (χ3v) is 14.2. The second-order valence-electron chi connectivity index (χ2n) is 10.5. The molecule has 0 aromatic carbocycles. The van der Waals surface area contributed by atoms with Crippen LogP contribution in [0.2, 0.25) is 16.6 Å². The molecule has 3 unspecified atom stereocenters. The van der Waals surface area contributed by atoms with Crippen LogP contribution in [0.15, 0.2) is 24.0 Å². The summed E-state index contributed by atoms with van der Waals surface area (Å²) in [5, 5.41) is 10.6. The summed E-state index contributed by atoms with van der Waals surface area (Å²) in [6.07, 6.45) is 9.90. The summed E-state index contributed by atoms with van der Waals surface area (Å²) >= 11 is 0. The van der Waals surface area contributed by atoms with E-state index >= 15 is 0 Å². The molecule has 3 nitrogen and oxygen atoms in total. The van der Waals surface area contributed by atoms with Gasteiger partial charge in [0.05, 0.1) is 6.26 Å². The summed E-state index contributed by atoms with van der Waals surface area (Å²) in [6.45, 7) is 20.4. The number of hydrogen-bond acceptors (Lipinski definition) is 3. The molecule has 5 atom stereocenters. The second-order valence-corrected chi connectivity index (χ2v) is 15.9. The largest absolute Gasteiger partial charge is 0.468 e. The Morgan fingerprint density at radius 1 is 1.14 bits per heavy atom. The van der Waals surface area contributed by atoms with Crippen LogP contribution < -0.4 is 0 Å². The van der Waals surface area contributed by atoms with Crippen molar-refractivity contribution in [3.63, 3.8) is 0 Å². The molecule has 1 saturated carbocycles. The third-order valence-electron chi connectivity index (χ3n) is 8.07. The average molecular weight is 423 g/mol. The minimum Gasteiger partial charge on any atom is -0.468 e. The normalized spacial score (nSPS) is 33.3. The molecule has 29 heavy (non-hydrogen) atoms. The maximum atomic E-state index is 10.6. The summed E-state index contributed by atoms with van der Waals surface area (Å²) in [5.74, 6) is 0.871. The topological polar surface area (TPSA) is 38.7 Å². The van der Waals surface area contributed by atoms with Gasteiger partial charge in [0.25, 0.3) is 0 Å². The number of allylic oxidation sites excluding steroid dienone is 3. The van der Waals surface area contributed by atoms with Crippen molar-refractivity contribution in [2.24, 2.45) is 23.7 Å². The minimum atomic E-state index is -2.18. The molecule has 1 fully saturated rings. The Balaban J connectivity index is 2.44. The van der Waals surface area contributed by atoms with Gasteiger partial charge in [-0.05, 0) is 66.1 Å². The van der Waals surface area contributed by atoms with Gasteiger partial charge in [-0.15, -0.1) is 0 Å². The zero-order valence-corrected chi connectivity index (χ0v) is 21.4. The molecule has 1 N–H and O–H groups in total.